The Balaban J connectivity index is 2.81. The smallest absolute Gasteiger partial charge is 0.327 e. The number of Topliss-reactive ketones (excluding diaryl/α,β-unsaturated/α-hetero) is 1. The van der Waals surface area contributed by atoms with Gasteiger partial charge < -0.3 is 10.4 Å². The molecule has 2 atom stereocenters. The third-order valence-corrected chi connectivity index (χ3v) is 3.59. The molecule has 120 valence electrons. The fourth-order valence-corrected chi connectivity index (χ4v) is 2.30. The van der Waals surface area contributed by atoms with Crippen molar-refractivity contribution in [3.8, 4) is 0 Å². The van der Waals surface area contributed by atoms with Crippen LogP contribution in [0.4, 0.5) is 0 Å². The SMILES string of the molecule is CC(C(=O)NC(CS(=O)(=O)O)C(=O)O)C(=O)c1ccccc1. The summed E-state index contributed by atoms with van der Waals surface area (Å²) in [6, 6.07) is 6.06. The molecule has 0 spiro atoms. The van der Waals surface area contributed by atoms with E-state index >= 15 is 0 Å². The van der Waals surface area contributed by atoms with Crippen LogP contribution < -0.4 is 5.32 Å². The quantitative estimate of drug-likeness (QED) is 0.362. The van der Waals surface area contributed by atoms with Crippen molar-refractivity contribution >= 4 is 27.8 Å². The normalized spacial score (nSPS) is 13.9. The molecule has 0 radical (unpaired) electrons. The van der Waals surface area contributed by atoms with E-state index in [0.29, 0.717) is 0 Å². The summed E-state index contributed by atoms with van der Waals surface area (Å²) in [5.41, 5.74) is 0.270. The van der Waals surface area contributed by atoms with E-state index in [1.54, 1.807) is 18.2 Å². The Morgan fingerprint density at radius 3 is 2.18 bits per heavy atom. The molecule has 0 heterocycles. The largest absolute Gasteiger partial charge is 0.480 e. The number of aliphatic carboxylic acids is 1. The molecule has 9 heteroatoms. The fraction of sp³-hybridized carbons (Fsp3) is 0.308. The van der Waals surface area contributed by atoms with Crippen molar-refractivity contribution in [2.75, 3.05) is 5.75 Å². The van der Waals surface area contributed by atoms with Crippen molar-refractivity contribution in [2.45, 2.75) is 13.0 Å². The number of hydrogen-bond acceptors (Lipinski definition) is 5. The highest BCUT2D eigenvalue weighted by Gasteiger charge is 2.30. The van der Waals surface area contributed by atoms with Gasteiger partial charge in [-0.15, -0.1) is 0 Å². The third kappa shape index (κ3) is 5.26. The lowest BCUT2D eigenvalue weighted by molar-refractivity contribution is -0.141. The van der Waals surface area contributed by atoms with Gasteiger partial charge in [0, 0.05) is 5.56 Å². The molecule has 1 amide bonds. The van der Waals surface area contributed by atoms with Crippen molar-refractivity contribution in [2.24, 2.45) is 5.92 Å². The lowest BCUT2D eigenvalue weighted by Crippen LogP contribution is -2.48. The van der Waals surface area contributed by atoms with Crippen LogP contribution in [0.25, 0.3) is 0 Å². The molecule has 0 fully saturated rings. The molecule has 0 aliphatic heterocycles. The van der Waals surface area contributed by atoms with Crippen LogP contribution in [0.3, 0.4) is 0 Å². The summed E-state index contributed by atoms with van der Waals surface area (Å²) in [6.45, 7) is 1.27. The van der Waals surface area contributed by atoms with Crippen molar-refractivity contribution in [3.05, 3.63) is 35.9 Å². The first-order valence-electron chi connectivity index (χ1n) is 6.19. The Bertz CT molecular complexity index is 669. The topological polar surface area (TPSA) is 138 Å². The number of amides is 1. The van der Waals surface area contributed by atoms with E-state index in [1.807, 2.05) is 5.32 Å². The second-order valence-corrected chi connectivity index (χ2v) is 6.10. The van der Waals surface area contributed by atoms with Gasteiger partial charge in [-0.3, -0.25) is 14.1 Å². The second kappa shape index (κ2) is 7.14. The van der Waals surface area contributed by atoms with Crippen LogP contribution in [0.1, 0.15) is 17.3 Å². The lowest BCUT2D eigenvalue weighted by Gasteiger charge is -2.16. The number of hydrogen-bond donors (Lipinski definition) is 3. The third-order valence-electron chi connectivity index (χ3n) is 2.84. The standard InChI is InChI=1S/C13H15NO7S/c1-8(11(15)9-5-3-2-4-6-9)12(16)14-10(13(17)18)7-22(19,20)21/h2-6,8,10H,7H2,1H3,(H,14,16)(H,17,18)(H,19,20,21). The van der Waals surface area contributed by atoms with Gasteiger partial charge in [0.2, 0.25) is 5.91 Å². The molecule has 8 nitrogen and oxygen atoms in total. The Morgan fingerprint density at radius 2 is 1.73 bits per heavy atom. The van der Waals surface area contributed by atoms with Gasteiger partial charge in [-0.1, -0.05) is 30.3 Å². The average molecular weight is 329 g/mol. The Kier molecular flexibility index (Phi) is 5.77. The van der Waals surface area contributed by atoms with Crippen molar-refractivity contribution in [3.63, 3.8) is 0 Å². The van der Waals surface area contributed by atoms with Crippen LogP contribution in [-0.4, -0.2) is 47.5 Å². The van der Waals surface area contributed by atoms with Crippen molar-refractivity contribution in [1.29, 1.82) is 0 Å². The van der Waals surface area contributed by atoms with Gasteiger partial charge >= 0.3 is 5.97 Å². The Labute approximate surface area is 126 Å². The van der Waals surface area contributed by atoms with Crippen molar-refractivity contribution < 1.29 is 32.5 Å². The summed E-state index contributed by atoms with van der Waals surface area (Å²) >= 11 is 0. The van der Waals surface area contributed by atoms with E-state index in [2.05, 4.69) is 0 Å². The summed E-state index contributed by atoms with van der Waals surface area (Å²) in [5.74, 6) is -5.49. The van der Waals surface area contributed by atoms with Gasteiger partial charge in [-0.2, -0.15) is 8.42 Å². The van der Waals surface area contributed by atoms with Crippen LogP contribution in [0.15, 0.2) is 30.3 Å². The zero-order valence-electron chi connectivity index (χ0n) is 11.6. The lowest BCUT2D eigenvalue weighted by atomic mass is 9.98. The monoisotopic (exact) mass is 329 g/mol. The highest BCUT2D eigenvalue weighted by molar-refractivity contribution is 7.85. The minimum absolute atomic E-state index is 0.270. The summed E-state index contributed by atoms with van der Waals surface area (Å²) in [4.78, 5) is 34.8. The molecule has 0 aliphatic rings. The minimum Gasteiger partial charge on any atom is -0.480 e. The Hall–Kier alpha value is -2.26. The van der Waals surface area contributed by atoms with E-state index in [-0.39, 0.29) is 5.56 Å². The maximum absolute atomic E-state index is 12.0. The summed E-state index contributed by atoms with van der Waals surface area (Å²) in [5, 5.41) is 10.8. The fourth-order valence-electron chi connectivity index (χ4n) is 1.65. The zero-order valence-corrected chi connectivity index (χ0v) is 12.4. The zero-order chi connectivity index (χ0) is 16.9. The predicted molar refractivity (Wildman–Crippen MR) is 75.9 cm³/mol. The number of carboxylic acid groups (broad SMARTS) is 1. The molecule has 0 aromatic heterocycles. The Morgan fingerprint density at radius 1 is 1.18 bits per heavy atom. The second-order valence-electron chi connectivity index (χ2n) is 4.60. The molecule has 0 aliphatic carbocycles. The summed E-state index contributed by atoms with van der Waals surface area (Å²) in [6.07, 6.45) is 0. The molecule has 2 unspecified atom stereocenters. The first-order chi connectivity index (χ1) is 10.1. The first-order valence-corrected chi connectivity index (χ1v) is 7.80. The maximum Gasteiger partial charge on any atom is 0.327 e. The molecule has 0 bridgehead atoms. The molecule has 1 aromatic rings. The minimum atomic E-state index is -4.59. The molecular weight excluding hydrogens is 314 g/mol. The van der Waals surface area contributed by atoms with E-state index in [4.69, 9.17) is 9.66 Å². The summed E-state index contributed by atoms with van der Waals surface area (Å²) in [7, 11) is -4.59. The van der Waals surface area contributed by atoms with Crippen LogP contribution in [0.5, 0.6) is 0 Å². The first kappa shape index (κ1) is 17.8. The molecule has 0 saturated carbocycles. The number of nitrogens with one attached hydrogen (secondary N) is 1. The van der Waals surface area contributed by atoms with E-state index < -0.39 is 45.5 Å². The van der Waals surface area contributed by atoms with Gasteiger partial charge in [0.15, 0.2) is 5.78 Å². The number of ketones is 1. The highest BCUT2D eigenvalue weighted by Crippen LogP contribution is 2.09. The molecule has 1 aromatic carbocycles. The van der Waals surface area contributed by atoms with E-state index in [0.717, 1.165) is 0 Å². The van der Waals surface area contributed by atoms with Gasteiger partial charge in [0.05, 0.1) is 5.92 Å². The van der Waals surface area contributed by atoms with Gasteiger partial charge in [-0.25, -0.2) is 4.79 Å². The number of rotatable bonds is 7. The number of carbonyl (C=O) groups is 3. The van der Waals surface area contributed by atoms with Crippen molar-refractivity contribution in [1.82, 2.24) is 5.32 Å². The van der Waals surface area contributed by atoms with Crippen LogP contribution in [0.2, 0.25) is 0 Å². The molecule has 0 saturated heterocycles. The van der Waals surface area contributed by atoms with Gasteiger partial charge in [0.25, 0.3) is 10.1 Å². The molecule has 3 N–H and O–H groups in total. The maximum atomic E-state index is 12.0. The number of carbonyl (C=O) groups excluding carboxylic acids is 2. The molecule has 1 rings (SSSR count). The van der Waals surface area contributed by atoms with Crippen LogP contribution in [-0.2, 0) is 19.7 Å². The van der Waals surface area contributed by atoms with Crippen LogP contribution in [0, 0.1) is 5.92 Å². The number of benzene rings is 1. The predicted octanol–water partition coefficient (Wildman–Crippen LogP) is -0.0374. The van der Waals surface area contributed by atoms with Gasteiger partial charge in [-0.05, 0) is 6.92 Å². The molecule has 22 heavy (non-hydrogen) atoms. The highest BCUT2D eigenvalue weighted by atomic mass is 32.2. The molecular formula is C13H15NO7S. The van der Waals surface area contributed by atoms with E-state index in [9.17, 15) is 22.8 Å². The van der Waals surface area contributed by atoms with E-state index in [1.165, 1.54) is 19.1 Å². The average Bonchev–Trinajstić information content (AvgIpc) is 2.44. The van der Waals surface area contributed by atoms with Crippen LogP contribution >= 0.6 is 0 Å². The van der Waals surface area contributed by atoms with Gasteiger partial charge in [0.1, 0.15) is 11.8 Å². The summed E-state index contributed by atoms with van der Waals surface area (Å²) < 4.78 is 30.1. The number of carboxylic acids is 1.